The van der Waals surface area contributed by atoms with E-state index in [9.17, 15) is 14.4 Å². The number of hydrogen-bond acceptors (Lipinski definition) is 4. The Morgan fingerprint density at radius 2 is 2.10 bits per heavy atom. The second kappa shape index (κ2) is 7.09. The van der Waals surface area contributed by atoms with E-state index in [2.05, 4.69) is 21.2 Å². The number of hydrogen-bond donors (Lipinski definition) is 2. The van der Waals surface area contributed by atoms with Crippen LogP contribution in [-0.2, 0) is 9.59 Å². The molecule has 1 heterocycles. The maximum absolute atomic E-state index is 11.9. The van der Waals surface area contributed by atoms with Gasteiger partial charge in [-0.3, -0.25) is 14.4 Å². The van der Waals surface area contributed by atoms with Gasteiger partial charge in [0, 0.05) is 13.1 Å². The number of carbonyl (C=O) groups excluding carboxylic acids is 2. The molecule has 20 heavy (non-hydrogen) atoms. The molecule has 1 atom stereocenters. The van der Waals surface area contributed by atoms with Gasteiger partial charge in [-0.15, -0.1) is 0 Å². The minimum Gasteiger partial charge on any atom is -0.481 e. The third-order valence-electron chi connectivity index (χ3n) is 2.40. The van der Waals surface area contributed by atoms with E-state index in [1.54, 1.807) is 13.0 Å². The normalized spacial score (nSPS) is 11.8. The van der Waals surface area contributed by atoms with Crippen LogP contribution >= 0.6 is 15.9 Å². The van der Waals surface area contributed by atoms with Crippen molar-refractivity contribution < 1.29 is 23.9 Å². The highest BCUT2D eigenvalue weighted by molar-refractivity contribution is 9.10. The van der Waals surface area contributed by atoms with Gasteiger partial charge in [-0.05, 0) is 35.0 Å². The summed E-state index contributed by atoms with van der Waals surface area (Å²) in [7, 11) is 1.46. The predicted octanol–water partition coefficient (Wildman–Crippen LogP) is 1.09. The Labute approximate surface area is 124 Å². The van der Waals surface area contributed by atoms with E-state index in [0.717, 1.165) is 0 Å². The summed E-state index contributed by atoms with van der Waals surface area (Å²) in [6.45, 7) is 1.40. The van der Waals surface area contributed by atoms with Gasteiger partial charge in [0.1, 0.15) is 0 Å². The Morgan fingerprint density at radius 3 is 2.60 bits per heavy atom. The molecule has 0 fully saturated rings. The summed E-state index contributed by atoms with van der Waals surface area (Å²) >= 11 is 3.08. The van der Waals surface area contributed by atoms with Crippen LogP contribution in [0.1, 0.15) is 23.9 Å². The molecule has 0 saturated heterocycles. The summed E-state index contributed by atoms with van der Waals surface area (Å²) < 4.78 is 5.52. The number of carbonyl (C=O) groups is 3. The second-order valence-electron chi connectivity index (χ2n) is 4.33. The highest BCUT2D eigenvalue weighted by atomic mass is 79.9. The summed E-state index contributed by atoms with van der Waals surface area (Å²) in [6, 6.07) is 2.57. The zero-order valence-electron chi connectivity index (χ0n) is 11.1. The highest BCUT2D eigenvalue weighted by Crippen LogP contribution is 2.15. The van der Waals surface area contributed by atoms with Crippen molar-refractivity contribution in [2.45, 2.75) is 19.4 Å². The fourth-order valence-electron chi connectivity index (χ4n) is 1.54. The Morgan fingerprint density at radius 1 is 1.45 bits per heavy atom. The number of carboxylic acid groups (broad SMARTS) is 1. The van der Waals surface area contributed by atoms with Crippen molar-refractivity contribution in [2.75, 3.05) is 13.6 Å². The Kier molecular flexibility index (Phi) is 5.75. The number of rotatable bonds is 6. The first kappa shape index (κ1) is 16.2. The maximum Gasteiger partial charge on any atom is 0.305 e. The molecule has 0 aliphatic heterocycles. The second-order valence-corrected chi connectivity index (χ2v) is 5.11. The molecule has 110 valence electrons. The van der Waals surface area contributed by atoms with Gasteiger partial charge >= 0.3 is 5.97 Å². The smallest absolute Gasteiger partial charge is 0.305 e. The highest BCUT2D eigenvalue weighted by Gasteiger charge is 2.19. The SMILES string of the molecule is CC(CC(=O)O)NC(=O)CN(C)C(=O)c1ccc(Br)o1. The molecular formula is C12H15BrN2O5. The van der Waals surface area contributed by atoms with E-state index in [1.165, 1.54) is 18.0 Å². The zero-order chi connectivity index (χ0) is 15.3. The summed E-state index contributed by atoms with van der Waals surface area (Å²) in [5, 5.41) is 11.1. The van der Waals surface area contributed by atoms with Crippen LogP contribution in [0.15, 0.2) is 21.2 Å². The molecule has 0 saturated carbocycles. The number of furan rings is 1. The lowest BCUT2D eigenvalue weighted by Gasteiger charge is -2.17. The molecule has 2 N–H and O–H groups in total. The van der Waals surface area contributed by atoms with E-state index >= 15 is 0 Å². The number of halogens is 1. The van der Waals surface area contributed by atoms with E-state index in [-0.39, 0.29) is 18.7 Å². The fraction of sp³-hybridized carbons (Fsp3) is 0.417. The summed E-state index contributed by atoms with van der Waals surface area (Å²) in [5.41, 5.74) is 0. The predicted molar refractivity (Wildman–Crippen MR) is 73.2 cm³/mol. The van der Waals surface area contributed by atoms with E-state index in [4.69, 9.17) is 9.52 Å². The van der Waals surface area contributed by atoms with E-state index in [0.29, 0.717) is 4.67 Å². The molecule has 0 radical (unpaired) electrons. The molecule has 0 aliphatic carbocycles. The Hall–Kier alpha value is -1.83. The number of amides is 2. The van der Waals surface area contributed by atoms with Crippen molar-refractivity contribution in [1.82, 2.24) is 10.2 Å². The molecule has 1 aromatic rings. The van der Waals surface area contributed by atoms with Crippen molar-refractivity contribution in [3.05, 3.63) is 22.6 Å². The first-order chi connectivity index (χ1) is 9.29. The van der Waals surface area contributed by atoms with Gasteiger partial charge in [0.25, 0.3) is 5.91 Å². The molecule has 0 spiro atoms. The minimum absolute atomic E-state index is 0.116. The van der Waals surface area contributed by atoms with Crippen LogP contribution < -0.4 is 5.32 Å². The monoisotopic (exact) mass is 346 g/mol. The van der Waals surface area contributed by atoms with Crippen molar-refractivity contribution in [3.8, 4) is 0 Å². The van der Waals surface area contributed by atoms with Gasteiger partial charge in [-0.2, -0.15) is 0 Å². The van der Waals surface area contributed by atoms with Crippen LogP contribution in [0.2, 0.25) is 0 Å². The molecule has 0 bridgehead atoms. The number of carboxylic acids is 1. The third kappa shape index (κ3) is 5.04. The standard InChI is InChI=1S/C12H15BrN2O5/c1-7(5-11(17)18)14-10(16)6-15(2)12(19)8-3-4-9(13)20-8/h3-4,7H,5-6H2,1-2H3,(H,14,16)(H,17,18). The molecule has 1 aromatic heterocycles. The van der Waals surface area contributed by atoms with Crippen molar-refractivity contribution >= 4 is 33.7 Å². The molecule has 2 amide bonds. The molecule has 1 rings (SSSR count). The van der Waals surface area contributed by atoms with Crippen molar-refractivity contribution in [3.63, 3.8) is 0 Å². The molecule has 8 heteroatoms. The van der Waals surface area contributed by atoms with Gasteiger partial charge in [-0.25, -0.2) is 0 Å². The van der Waals surface area contributed by atoms with Gasteiger partial charge in [0.2, 0.25) is 5.91 Å². The van der Waals surface area contributed by atoms with E-state index < -0.39 is 23.8 Å². The lowest BCUT2D eigenvalue weighted by molar-refractivity contribution is -0.137. The Balaban J connectivity index is 2.49. The first-order valence-corrected chi connectivity index (χ1v) is 6.61. The average Bonchev–Trinajstić information content (AvgIpc) is 2.73. The van der Waals surface area contributed by atoms with Gasteiger partial charge in [0.05, 0.1) is 13.0 Å². The third-order valence-corrected chi connectivity index (χ3v) is 2.83. The largest absolute Gasteiger partial charge is 0.481 e. The summed E-state index contributed by atoms with van der Waals surface area (Å²) in [4.78, 5) is 35.2. The average molecular weight is 347 g/mol. The van der Waals surface area contributed by atoms with Crippen LogP contribution in [0.4, 0.5) is 0 Å². The van der Waals surface area contributed by atoms with Crippen LogP contribution in [0, 0.1) is 0 Å². The van der Waals surface area contributed by atoms with Gasteiger partial charge < -0.3 is 19.7 Å². The minimum atomic E-state index is -0.998. The summed E-state index contributed by atoms with van der Waals surface area (Å²) in [5.74, 6) is -1.75. The number of aliphatic carboxylic acids is 1. The number of nitrogens with zero attached hydrogens (tertiary/aromatic N) is 1. The number of nitrogens with one attached hydrogen (secondary N) is 1. The van der Waals surface area contributed by atoms with Crippen LogP contribution in [0.3, 0.4) is 0 Å². The van der Waals surface area contributed by atoms with E-state index in [1.807, 2.05) is 0 Å². The van der Waals surface area contributed by atoms with Crippen LogP contribution in [-0.4, -0.2) is 47.4 Å². The van der Waals surface area contributed by atoms with Gasteiger partial charge in [0.15, 0.2) is 10.4 Å². The first-order valence-electron chi connectivity index (χ1n) is 5.81. The molecular weight excluding hydrogens is 332 g/mol. The van der Waals surface area contributed by atoms with Crippen molar-refractivity contribution in [2.24, 2.45) is 0 Å². The van der Waals surface area contributed by atoms with Gasteiger partial charge in [-0.1, -0.05) is 0 Å². The fourth-order valence-corrected chi connectivity index (χ4v) is 1.84. The zero-order valence-corrected chi connectivity index (χ0v) is 12.6. The Bertz CT molecular complexity index is 514. The van der Waals surface area contributed by atoms with Crippen molar-refractivity contribution in [1.29, 1.82) is 0 Å². The molecule has 0 aliphatic rings. The molecule has 0 aromatic carbocycles. The quantitative estimate of drug-likeness (QED) is 0.803. The molecule has 1 unspecified atom stereocenters. The number of likely N-dealkylation sites (N-methyl/N-ethyl adjacent to an activating group) is 1. The maximum atomic E-state index is 11.9. The molecule has 7 nitrogen and oxygen atoms in total. The van der Waals surface area contributed by atoms with Crippen LogP contribution in [0.5, 0.6) is 0 Å². The topological polar surface area (TPSA) is 99.9 Å². The van der Waals surface area contributed by atoms with Crippen LogP contribution in [0.25, 0.3) is 0 Å². The summed E-state index contributed by atoms with van der Waals surface area (Å²) in [6.07, 6.45) is -0.172. The lowest BCUT2D eigenvalue weighted by atomic mass is 10.2. The lowest BCUT2D eigenvalue weighted by Crippen LogP contribution is -2.42.